The topological polar surface area (TPSA) is 296 Å². The third kappa shape index (κ3) is 14.6. The molecule has 0 unspecified atom stereocenters. The van der Waals surface area contributed by atoms with Crippen LogP contribution >= 0.6 is 0 Å². The quantitative estimate of drug-likeness (QED) is 0.0713. The molecule has 6 amide bonds. The van der Waals surface area contributed by atoms with Gasteiger partial charge in [-0.15, -0.1) is 0 Å². The molecule has 48 heavy (non-hydrogen) atoms. The second-order valence-corrected chi connectivity index (χ2v) is 9.48. The molecule has 0 saturated heterocycles. The predicted octanol–water partition coefficient (Wildman–Crippen LogP) is -4.29. The molecule has 0 saturated carbocycles. The van der Waals surface area contributed by atoms with E-state index < -0.39 is 35.4 Å². The summed E-state index contributed by atoms with van der Waals surface area (Å²) in [5.74, 6) is -3.27. The third-order valence-corrected chi connectivity index (χ3v) is 5.82. The van der Waals surface area contributed by atoms with Gasteiger partial charge >= 0.3 is 0 Å². The van der Waals surface area contributed by atoms with Crippen molar-refractivity contribution in [3.8, 4) is 0 Å². The number of nitrogens with one attached hydrogen (secondary N) is 6. The maximum Gasteiger partial charge on any atom is 0.251 e. The molecule has 0 radical (unpaired) electrons. The molecule has 0 aromatic heterocycles. The van der Waals surface area contributed by atoms with Crippen molar-refractivity contribution in [1.29, 1.82) is 0 Å². The van der Waals surface area contributed by atoms with Gasteiger partial charge in [0.15, 0.2) is 0 Å². The Hall–Kier alpha value is -4.98. The molecule has 0 aliphatic heterocycles. The van der Waals surface area contributed by atoms with Crippen molar-refractivity contribution in [2.45, 2.75) is 0 Å². The Bertz CT molecular complexity index is 1100. The Morgan fingerprint density at radius 1 is 0.312 bits per heavy atom. The van der Waals surface area contributed by atoms with E-state index in [0.29, 0.717) is 0 Å². The number of benzene rings is 2. The lowest BCUT2D eigenvalue weighted by Gasteiger charge is -2.10. The summed E-state index contributed by atoms with van der Waals surface area (Å²) in [6.45, 7) is -1.26. The van der Waals surface area contributed by atoms with Gasteiger partial charge < -0.3 is 62.5 Å². The summed E-state index contributed by atoms with van der Waals surface area (Å²) in [4.78, 5) is 72.1. The predicted molar refractivity (Wildman–Crippen MR) is 169 cm³/mol. The third-order valence-electron chi connectivity index (χ3n) is 5.82. The fourth-order valence-electron chi connectivity index (χ4n) is 3.67. The van der Waals surface area contributed by atoms with E-state index in [4.69, 9.17) is 30.6 Å². The summed E-state index contributed by atoms with van der Waals surface area (Å²) < 4.78 is 0. The molecule has 0 fully saturated rings. The van der Waals surface area contributed by atoms with Gasteiger partial charge in [-0.1, -0.05) is 0 Å². The van der Waals surface area contributed by atoms with E-state index in [2.05, 4.69) is 31.9 Å². The van der Waals surface area contributed by atoms with E-state index in [1.54, 1.807) is 0 Å². The minimum absolute atomic E-state index is 0.0335. The summed E-state index contributed by atoms with van der Waals surface area (Å²) in [5.41, 5.74) is 0.468. The number of aliphatic hydroxyl groups excluding tert-OH is 6. The first-order valence-corrected chi connectivity index (χ1v) is 14.7. The molecule has 18 heteroatoms. The summed E-state index contributed by atoms with van der Waals surface area (Å²) in [6.07, 6.45) is 0. The molecule has 0 bridgehead atoms. The average Bonchev–Trinajstić information content (AvgIpc) is 3.11. The summed E-state index contributed by atoms with van der Waals surface area (Å²) in [5, 5.41) is 67.1. The second kappa shape index (κ2) is 23.4. The van der Waals surface area contributed by atoms with Crippen LogP contribution in [0.4, 0.5) is 0 Å². The zero-order chi connectivity index (χ0) is 35.9. The highest BCUT2D eigenvalue weighted by atomic mass is 16.3. The lowest BCUT2D eigenvalue weighted by atomic mass is 10.0. The van der Waals surface area contributed by atoms with Crippen LogP contribution in [0.3, 0.4) is 0 Å². The molecular formula is C30H42N6O12. The number of rotatable bonds is 18. The van der Waals surface area contributed by atoms with E-state index in [-0.39, 0.29) is 112 Å². The van der Waals surface area contributed by atoms with Gasteiger partial charge in [0, 0.05) is 72.6 Å². The number of hydrogen-bond acceptors (Lipinski definition) is 12. The molecule has 2 rings (SSSR count). The number of carbonyl (C=O) groups excluding carboxylic acids is 6. The van der Waals surface area contributed by atoms with Crippen LogP contribution in [0.1, 0.15) is 62.1 Å². The Labute approximate surface area is 275 Å². The Kier molecular flexibility index (Phi) is 20.0. The molecule has 0 spiro atoms. The minimum atomic E-state index is -0.544. The molecule has 264 valence electrons. The number of aliphatic hydroxyl groups is 6. The van der Waals surface area contributed by atoms with E-state index in [1.165, 1.54) is 36.4 Å². The zero-order valence-electron chi connectivity index (χ0n) is 26.1. The van der Waals surface area contributed by atoms with Gasteiger partial charge in [-0.3, -0.25) is 28.8 Å². The number of amides is 6. The SMILES string of the molecule is O=C(NCCO)c1cc(C(=O)NCCO)cc(C(=O)NCCO)c1.O=C(NCCO)c1cc(C(=O)NCCO)cc(C(=O)NCCO)c1. The van der Waals surface area contributed by atoms with Crippen molar-refractivity contribution in [2.24, 2.45) is 0 Å². The first-order chi connectivity index (χ1) is 23.1. The van der Waals surface area contributed by atoms with Gasteiger partial charge in [0.05, 0.1) is 39.6 Å². The molecule has 0 atom stereocenters. The monoisotopic (exact) mass is 678 g/mol. The fraction of sp³-hybridized carbons (Fsp3) is 0.400. The molecule has 0 aliphatic rings. The highest BCUT2D eigenvalue weighted by Crippen LogP contribution is 2.13. The van der Waals surface area contributed by atoms with E-state index >= 15 is 0 Å². The first kappa shape index (κ1) is 41.0. The smallest absolute Gasteiger partial charge is 0.251 e. The maximum absolute atomic E-state index is 12.0. The van der Waals surface area contributed by atoms with Crippen LogP contribution in [0.25, 0.3) is 0 Å². The van der Waals surface area contributed by atoms with Crippen LogP contribution in [0.2, 0.25) is 0 Å². The Balaban J connectivity index is 0.000000480. The average molecular weight is 679 g/mol. The van der Waals surface area contributed by atoms with Crippen molar-refractivity contribution in [3.05, 3.63) is 69.8 Å². The van der Waals surface area contributed by atoms with Gasteiger partial charge in [-0.05, 0) is 36.4 Å². The van der Waals surface area contributed by atoms with E-state index in [9.17, 15) is 28.8 Å². The summed E-state index contributed by atoms with van der Waals surface area (Å²) >= 11 is 0. The molecule has 0 aliphatic carbocycles. The van der Waals surface area contributed by atoms with Crippen LogP contribution in [0, 0.1) is 0 Å². The van der Waals surface area contributed by atoms with Gasteiger partial charge in [0.1, 0.15) is 0 Å². The molecule has 0 heterocycles. The van der Waals surface area contributed by atoms with Crippen LogP contribution in [0.5, 0.6) is 0 Å². The lowest BCUT2D eigenvalue weighted by Crippen LogP contribution is -2.31. The van der Waals surface area contributed by atoms with Crippen LogP contribution in [-0.2, 0) is 0 Å². The van der Waals surface area contributed by atoms with E-state index in [0.717, 1.165) is 0 Å². The molecule has 12 N–H and O–H groups in total. The zero-order valence-corrected chi connectivity index (χ0v) is 26.1. The maximum atomic E-state index is 12.0. The number of hydrogen-bond donors (Lipinski definition) is 12. The molecule has 18 nitrogen and oxygen atoms in total. The lowest BCUT2D eigenvalue weighted by molar-refractivity contribution is 0.0922. The van der Waals surface area contributed by atoms with Gasteiger partial charge in [-0.25, -0.2) is 0 Å². The summed E-state index contributed by atoms with van der Waals surface area (Å²) in [7, 11) is 0. The van der Waals surface area contributed by atoms with Gasteiger partial charge in [0.25, 0.3) is 35.4 Å². The van der Waals surface area contributed by atoms with Crippen LogP contribution < -0.4 is 31.9 Å². The van der Waals surface area contributed by atoms with Crippen molar-refractivity contribution >= 4 is 35.4 Å². The minimum Gasteiger partial charge on any atom is -0.395 e. The van der Waals surface area contributed by atoms with Gasteiger partial charge in [-0.2, -0.15) is 0 Å². The Morgan fingerprint density at radius 2 is 0.438 bits per heavy atom. The van der Waals surface area contributed by atoms with Crippen molar-refractivity contribution < 1.29 is 59.4 Å². The molecule has 2 aromatic carbocycles. The molecule has 2 aromatic rings. The Morgan fingerprint density at radius 3 is 0.542 bits per heavy atom. The largest absolute Gasteiger partial charge is 0.395 e. The highest BCUT2D eigenvalue weighted by Gasteiger charge is 2.17. The normalized spacial score (nSPS) is 10.1. The van der Waals surface area contributed by atoms with Crippen LogP contribution in [0.15, 0.2) is 36.4 Å². The number of carbonyl (C=O) groups is 6. The van der Waals surface area contributed by atoms with Crippen LogP contribution in [-0.4, -0.2) is 145 Å². The first-order valence-electron chi connectivity index (χ1n) is 14.7. The fourth-order valence-corrected chi connectivity index (χ4v) is 3.67. The standard InChI is InChI=1S/2C15H21N3O6/c2*19-4-1-16-13(22)10-7-11(14(23)17-2-5-20)9-12(8-10)15(24)18-3-6-21/h2*7-9,19-21H,1-6H2,(H,16,22)(H,17,23)(H,18,24). The van der Waals surface area contributed by atoms with Crippen molar-refractivity contribution in [3.63, 3.8) is 0 Å². The molecular weight excluding hydrogens is 636 g/mol. The summed E-state index contributed by atoms with van der Waals surface area (Å²) in [6, 6.07) is 7.85. The van der Waals surface area contributed by atoms with Gasteiger partial charge in [0.2, 0.25) is 0 Å². The second-order valence-electron chi connectivity index (χ2n) is 9.48. The van der Waals surface area contributed by atoms with E-state index in [1.807, 2.05) is 0 Å². The van der Waals surface area contributed by atoms with Crippen molar-refractivity contribution in [2.75, 3.05) is 78.9 Å². The highest BCUT2D eigenvalue weighted by molar-refractivity contribution is 6.05. The van der Waals surface area contributed by atoms with Crippen molar-refractivity contribution in [1.82, 2.24) is 31.9 Å².